The van der Waals surface area contributed by atoms with Crippen LogP contribution in [0.4, 0.5) is 0 Å². The second-order valence-corrected chi connectivity index (χ2v) is 15.0. The number of hydrogen-bond acceptors (Lipinski definition) is 1. The average molecular weight is 505 g/mol. The topological polar surface area (TPSA) is 12.0 Å². The van der Waals surface area contributed by atoms with Gasteiger partial charge < -0.3 is 0 Å². The summed E-state index contributed by atoms with van der Waals surface area (Å²) in [7, 11) is -2.57. The highest BCUT2D eigenvalue weighted by molar-refractivity contribution is 7.97. The second kappa shape index (κ2) is 11.8. The molecule has 3 heteroatoms. The number of rotatable bonds is 9. The predicted octanol–water partition coefficient (Wildman–Crippen LogP) is 6.76. The molecule has 1 nitrogen and oxygen atoms in total. The van der Waals surface area contributed by atoms with Gasteiger partial charge in [-0.05, 0) is 55.3 Å². The molecular formula is C33H32NP2+. The monoisotopic (exact) mass is 504 g/mol. The largest absolute Gasteiger partial charge is 0.178 e. The Morgan fingerprint density at radius 2 is 0.944 bits per heavy atom. The zero-order valence-corrected chi connectivity index (χ0v) is 22.5. The molecule has 0 radical (unpaired) electrons. The lowest BCUT2D eigenvalue weighted by molar-refractivity contribution is 0.956. The van der Waals surface area contributed by atoms with Crippen molar-refractivity contribution in [3.8, 4) is 0 Å². The first-order chi connectivity index (χ1) is 17.7. The first kappa shape index (κ1) is 24.6. The summed E-state index contributed by atoms with van der Waals surface area (Å²) in [5, 5.41) is 9.86. The molecule has 1 N–H and O–H groups in total. The van der Waals surface area contributed by atoms with Crippen molar-refractivity contribution in [1.29, 1.82) is 0 Å². The van der Waals surface area contributed by atoms with Crippen LogP contribution >= 0.6 is 15.3 Å². The summed E-state index contributed by atoms with van der Waals surface area (Å²) in [6.07, 6.45) is 0. The van der Waals surface area contributed by atoms with Crippen molar-refractivity contribution in [1.82, 2.24) is 5.09 Å². The van der Waals surface area contributed by atoms with Gasteiger partial charge in [-0.25, -0.2) is 0 Å². The minimum Gasteiger partial charge on any atom is -0.178 e. The van der Waals surface area contributed by atoms with Crippen LogP contribution in [0.25, 0.3) is 0 Å². The number of aryl methyl sites for hydroxylation is 1. The lowest BCUT2D eigenvalue weighted by Gasteiger charge is -2.32. The lowest BCUT2D eigenvalue weighted by Crippen LogP contribution is -2.36. The third-order valence-corrected chi connectivity index (χ3v) is 14.3. The molecule has 0 saturated heterocycles. The standard InChI is InChI=1S/C33H32NP2/c1-28-22-24-29(25-23-28)26-34-36(32-18-10-4-11-19-32,33-20-12-5-13-21-33)27-35(30-14-6-2-7-15-30)31-16-8-3-9-17-31/h2-25,34H,26-27H2,1H3/q+1. The second-order valence-electron chi connectivity index (χ2n) is 9.04. The average Bonchev–Trinajstić information content (AvgIpc) is 2.96. The van der Waals surface area contributed by atoms with E-state index in [2.05, 4.69) is 158 Å². The molecule has 0 spiro atoms. The highest BCUT2D eigenvalue weighted by Crippen LogP contribution is 2.61. The summed E-state index contributed by atoms with van der Waals surface area (Å²) in [4.78, 5) is 0. The molecule has 0 saturated carbocycles. The van der Waals surface area contributed by atoms with Crippen molar-refractivity contribution < 1.29 is 0 Å². The fourth-order valence-electron chi connectivity index (χ4n) is 4.58. The first-order valence-corrected chi connectivity index (χ1v) is 15.9. The Balaban J connectivity index is 1.65. The van der Waals surface area contributed by atoms with Gasteiger partial charge >= 0.3 is 0 Å². The van der Waals surface area contributed by atoms with Gasteiger partial charge in [0.2, 0.25) is 0 Å². The van der Waals surface area contributed by atoms with Crippen LogP contribution in [-0.2, 0) is 6.54 Å². The van der Waals surface area contributed by atoms with Gasteiger partial charge in [-0.1, -0.05) is 127 Å². The smallest absolute Gasteiger partial charge is 0.150 e. The van der Waals surface area contributed by atoms with Crippen LogP contribution in [0.2, 0.25) is 0 Å². The van der Waals surface area contributed by atoms with Gasteiger partial charge in [-0.2, -0.15) is 5.09 Å². The molecule has 0 heterocycles. The minimum atomic E-state index is -1.99. The number of benzene rings is 5. The Morgan fingerprint density at radius 1 is 0.528 bits per heavy atom. The van der Waals surface area contributed by atoms with E-state index in [0.717, 1.165) is 12.4 Å². The van der Waals surface area contributed by atoms with Gasteiger partial charge in [0.15, 0.2) is 7.41 Å². The van der Waals surface area contributed by atoms with Crippen LogP contribution in [0.5, 0.6) is 0 Å². The zero-order valence-electron chi connectivity index (χ0n) is 20.7. The van der Waals surface area contributed by atoms with E-state index in [0.29, 0.717) is 0 Å². The maximum atomic E-state index is 4.20. The van der Waals surface area contributed by atoms with E-state index >= 15 is 0 Å². The molecule has 5 aromatic carbocycles. The minimum absolute atomic E-state index is 0.585. The molecule has 0 unspecified atom stereocenters. The van der Waals surface area contributed by atoms with Crippen molar-refractivity contribution in [2.45, 2.75) is 13.5 Å². The number of nitrogens with one attached hydrogen (secondary N) is 1. The highest BCUT2D eigenvalue weighted by atomic mass is 31.2. The maximum Gasteiger partial charge on any atom is 0.150 e. The Labute approximate surface area is 217 Å². The van der Waals surface area contributed by atoms with Crippen LogP contribution in [0.3, 0.4) is 0 Å². The van der Waals surface area contributed by atoms with Crippen molar-refractivity contribution in [3.05, 3.63) is 157 Å². The van der Waals surface area contributed by atoms with E-state index in [-0.39, 0.29) is 0 Å². The molecule has 0 fully saturated rings. The summed E-state index contributed by atoms with van der Waals surface area (Å²) >= 11 is 0. The van der Waals surface area contributed by atoms with Crippen molar-refractivity contribution in [2.75, 3.05) is 5.90 Å². The lowest BCUT2D eigenvalue weighted by atomic mass is 10.2. The summed E-state index contributed by atoms with van der Waals surface area (Å²) < 4.78 is 0. The SMILES string of the molecule is Cc1ccc(CN[P+](CP(c2ccccc2)c2ccccc2)(c2ccccc2)c2ccccc2)cc1. The van der Waals surface area contributed by atoms with Crippen LogP contribution in [0, 0.1) is 6.92 Å². The van der Waals surface area contributed by atoms with E-state index in [1.54, 1.807) is 0 Å². The summed E-state index contributed by atoms with van der Waals surface area (Å²) in [5.41, 5.74) is 2.61. The quantitative estimate of drug-likeness (QED) is 0.219. The van der Waals surface area contributed by atoms with Gasteiger partial charge in [-0.15, -0.1) is 0 Å². The van der Waals surface area contributed by atoms with Crippen LogP contribution in [0.15, 0.2) is 146 Å². The maximum absolute atomic E-state index is 4.20. The number of hydrogen-bond donors (Lipinski definition) is 1. The van der Waals surface area contributed by atoms with Gasteiger partial charge in [0.1, 0.15) is 16.5 Å². The van der Waals surface area contributed by atoms with E-state index in [9.17, 15) is 0 Å². The molecule has 36 heavy (non-hydrogen) atoms. The summed E-state index contributed by atoms with van der Waals surface area (Å²) in [6.45, 7) is 2.99. The molecule has 0 bridgehead atoms. The molecule has 5 aromatic rings. The van der Waals surface area contributed by atoms with E-state index < -0.39 is 15.3 Å². The normalized spacial score (nSPS) is 11.5. The first-order valence-electron chi connectivity index (χ1n) is 12.4. The third-order valence-electron chi connectivity index (χ3n) is 6.56. The Hall–Kier alpha value is -3.08. The zero-order chi connectivity index (χ0) is 24.6. The van der Waals surface area contributed by atoms with Crippen LogP contribution < -0.4 is 26.3 Å². The molecule has 0 aromatic heterocycles. The van der Waals surface area contributed by atoms with Crippen LogP contribution in [0.1, 0.15) is 11.1 Å². The van der Waals surface area contributed by atoms with Gasteiger partial charge in [0, 0.05) is 0 Å². The molecule has 0 atom stereocenters. The fourth-order valence-corrected chi connectivity index (χ4v) is 13.1. The fraction of sp³-hybridized carbons (Fsp3) is 0.0909. The van der Waals surface area contributed by atoms with Crippen molar-refractivity contribution >= 4 is 36.6 Å². The Morgan fingerprint density at radius 3 is 1.39 bits per heavy atom. The van der Waals surface area contributed by atoms with Gasteiger partial charge in [-0.3, -0.25) is 0 Å². The van der Waals surface area contributed by atoms with Crippen molar-refractivity contribution in [3.63, 3.8) is 0 Å². The van der Waals surface area contributed by atoms with E-state index in [1.807, 2.05) is 0 Å². The highest BCUT2D eigenvalue weighted by Gasteiger charge is 2.45. The van der Waals surface area contributed by atoms with Crippen LogP contribution in [-0.4, -0.2) is 5.90 Å². The molecule has 0 aliphatic carbocycles. The van der Waals surface area contributed by atoms with E-state index in [1.165, 1.54) is 32.3 Å². The van der Waals surface area contributed by atoms with Gasteiger partial charge in [0.05, 0.1) is 6.54 Å². The molecular weight excluding hydrogens is 472 g/mol. The predicted molar refractivity (Wildman–Crippen MR) is 161 cm³/mol. The summed E-state index contributed by atoms with van der Waals surface area (Å²) in [5.74, 6) is 1.07. The Kier molecular flexibility index (Phi) is 8.04. The summed E-state index contributed by atoms with van der Waals surface area (Å²) in [6, 6.07) is 53.4. The third kappa shape index (κ3) is 5.66. The molecule has 178 valence electrons. The molecule has 0 aliphatic rings. The molecule has 0 aliphatic heterocycles. The Bertz CT molecular complexity index is 1260. The van der Waals surface area contributed by atoms with E-state index in [4.69, 9.17) is 0 Å². The van der Waals surface area contributed by atoms with Crippen molar-refractivity contribution in [2.24, 2.45) is 0 Å². The molecule has 5 rings (SSSR count). The van der Waals surface area contributed by atoms with Gasteiger partial charge in [0.25, 0.3) is 0 Å². The molecule has 0 amide bonds.